The molecule has 1 aliphatic rings. The molecule has 0 radical (unpaired) electrons. The lowest BCUT2D eigenvalue weighted by atomic mass is 9.99. The quantitative estimate of drug-likeness (QED) is 0.229. The molecule has 0 bridgehead atoms. The number of nitrogens with one attached hydrogen (secondary N) is 1. The van der Waals surface area contributed by atoms with E-state index in [-0.39, 0.29) is 11.7 Å². The summed E-state index contributed by atoms with van der Waals surface area (Å²) in [5.74, 6) is 1.10. The summed E-state index contributed by atoms with van der Waals surface area (Å²) in [5.41, 5.74) is 0.793. The highest BCUT2D eigenvalue weighted by molar-refractivity contribution is 5.75. The number of benzene rings is 1. The Balaban J connectivity index is 1.87. The van der Waals surface area contributed by atoms with Crippen LogP contribution in [0.3, 0.4) is 0 Å². The van der Waals surface area contributed by atoms with Crippen molar-refractivity contribution in [2.45, 2.75) is 76.8 Å². The Labute approximate surface area is 195 Å². The number of amides is 1. The van der Waals surface area contributed by atoms with Crippen molar-refractivity contribution in [3.05, 3.63) is 35.9 Å². The third kappa shape index (κ3) is 8.28. The van der Waals surface area contributed by atoms with Crippen molar-refractivity contribution in [2.75, 3.05) is 13.7 Å². The van der Waals surface area contributed by atoms with E-state index >= 15 is 0 Å². The van der Waals surface area contributed by atoms with E-state index in [1.165, 1.54) is 7.11 Å². The lowest BCUT2D eigenvalue weighted by Crippen LogP contribution is -2.60. The molecule has 1 heterocycles. The first-order valence-electron chi connectivity index (χ1n) is 11.3. The van der Waals surface area contributed by atoms with Crippen molar-refractivity contribution >= 4 is 5.91 Å². The molecular weight excluding hydrogens is 430 g/mol. The lowest BCUT2D eigenvalue weighted by molar-refractivity contribution is -0.277. The van der Waals surface area contributed by atoms with Gasteiger partial charge in [0.05, 0.1) is 13.7 Å². The summed E-state index contributed by atoms with van der Waals surface area (Å²) < 4.78 is 16.4. The topological polar surface area (TPSA) is 138 Å². The zero-order chi connectivity index (χ0) is 24.4. The highest BCUT2D eigenvalue weighted by atomic mass is 16.7. The molecule has 5 N–H and O–H groups in total. The Morgan fingerprint density at radius 2 is 1.91 bits per heavy atom. The van der Waals surface area contributed by atoms with Gasteiger partial charge in [-0.25, -0.2) is 0 Å². The van der Waals surface area contributed by atoms with Gasteiger partial charge in [-0.15, -0.1) is 0 Å². The predicted octanol–water partition coefficient (Wildman–Crippen LogP) is 1.26. The van der Waals surface area contributed by atoms with Gasteiger partial charge in [0, 0.05) is 13.0 Å². The first-order valence-corrected chi connectivity index (χ1v) is 11.3. The van der Waals surface area contributed by atoms with E-state index < -0.39 is 37.3 Å². The van der Waals surface area contributed by atoms with Crippen molar-refractivity contribution in [3.8, 4) is 11.5 Å². The zero-order valence-electron chi connectivity index (χ0n) is 19.5. The average molecular weight is 468 g/mol. The van der Waals surface area contributed by atoms with Crippen LogP contribution in [0.1, 0.15) is 45.1 Å². The monoisotopic (exact) mass is 467 g/mol. The van der Waals surface area contributed by atoms with Crippen LogP contribution in [0.25, 0.3) is 0 Å². The predicted molar refractivity (Wildman–Crippen MR) is 122 cm³/mol. The van der Waals surface area contributed by atoms with Gasteiger partial charge >= 0.3 is 0 Å². The molecule has 0 saturated carbocycles. The highest BCUT2D eigenvalue weighted by Gasteiger charge is 2.44. The second-order valence-electron chi connectivity index (χ2n) is 8.50. The number of ether oxygens (including phenoxy) is 3. The summed E-state index contributed by atoms with van der Waals surface area (Å²) in [6.07, 6.45) is 0.646. The van der Waals surface area contributed by atoms with E-state index in [0.717, 1.165) is 24.8 Å². The fourth-order valence-corrected chi connectivity index (χ4v) is 3.41. The molecule has 33 heavy (non-hydrogen) atoms. The van der Waals surface area contributed by atoms with Crippen LogP contribution in [-0.2, 0) is 16.1 Å². The second kappa shape index (κ2) is 13.5. The molecule has 9 nitrogen and oxygen atoms in total. The number of hydrogen-bond donors (Lipinski definition) is 5. The molecule has 186 valence electrons. The van der Waals surface area contributed by atoms with Crippen LogP contribution in [0.15, 0.2) is 30.4 Å². The minimum absolute atomic E-state index is 0.0246. The SMILES string of the molecule is COc1cc(CNC(=O)CCCCC=CC(C)C)ccc1O[C@@H]1O[C@H](CO)[C@@H](O)[C@H](O)[C@H]1O. The largest absolute Gasteiger partial charge is 0.493 e. The van der Waals surface area contributed by atoms with Gasteiger partial charge in [-0.05, 0) is 42.9 Å². The summed E-state index contributed by atoms with van der Waals surface area (Å²) in [6, 6.07) is 5.03. The summed E-state index contributed by atoms with van der Waals surface area (Å²) in [5, 5.41) is 42.1. The molecule has 1 aliphatic heterocycles. The van der Waals surface area contributed by atoms with E-state index in [1.54, 1.807) is 18.2 Å². The van der Waals surface area contributed by atoms with Gasteiger partial charge in [-0.1, -0.05) is 32.1 Å². The van der Waals surface area contributed by atoms with E-state index in [4.69, 9.17) is 14.2 Å². The number of aliphatic hydroxyl groups excluding tert-OH is 4. The molecule has 1 saturated heterocycles. The van der Waals surface area contributed by atoms with Crippen LogP contribution in [-0.4, -0.2) is 70.8 Å². The summed E-state index contributed by atoms with van der Waals surface area (Å²) >= 11 is 0. The van der Waals surface area contributed by atoms with Crippen molar-refractivity contribution in [2.24, 2.45) is 5.92 Å². The standard InChI is InChI=1S/C24H37NO8/c1-15(2)8-6-4-5-7-9-20(27)25-13-16-10-11-17(18(12-16)31-3)32-24-23(30)22(29)21(28)19(14-26)33-24/h6,8,10-12,15,19,21-24,26,28-30H,4-5,7,9,13-14H2,1-3H3,(H,25,27)/t19-,21-,22+,23-,24-/m1/s1. The van der Waals surface area contributed by atoms with E-state index in [2.05, 4.69) is 31.3 Å². The minimum Gasteiger partial charge on any atom is -0.493 e. The molecule has 0 aromatic heterocycles. The number of rotatable bonds is 12. The molecule has 1 fully saturated rings. The molecule has 0 spiro atoms. The average Bonchev–Trinajstić information content (AvgIpc) is 2.80. The number of aliphatic hydroxyl groups is 4. The Morgan fingerprint density at radius 1 is 1.15 bits per heavy atom. The van der Waals surface area contributed by atoms with Crippen molar-refractivity contribution in [1.29, 1.82) is 0 Å². The number of methoxy groups -OCH3 is 1. The highest BCUT2D eigenvalue weighted by Crippen LogP contribution is 2.32. The van der Waals surface area contributed by atoms with Crippen molar-refractivity contribution in [3.63, 3.8) is 0 Å². The normalized spacial score (nSPS) is 25.4. The maximum atomic E-state index is 12.1. The Bertz CT molecular complexity index is 767. The Hall–Kier alpha value is -2.17. The summed E-state index contributed by atoms with van der Waals surface area (Å²) in [4.78, 5) is 12.1. The fourth-order valence-electron chi connectivity index (χ4n) is 3.41. The molecule has 9 heteroatoms. The van der Waals surface area contributed by atoms with E-state index in [9.17, 15) is 25.2 Å². The molecule has 2 rings (SSSR count). The van der Waals surface area contributed by atoms with E-state index in [1.807, 2.05) is 0 Å². The first kappa shape index (κ1) is 27.1. The van der Waals surface area contributed by atoms with Crippen LogP contribution < -0.4 is 14.8 Å². The molecule has 5 atom stereocenters. The lowest BCUT2D eigenvalue weighted by Gasteiger charge is -2.39. The van der Waals surface area contributed by atoms with Crippen molar-refractivity contribution < 1.29 is 39.4 Å². The minimum atomic E-state index is -1.53. The van der Waals surface area contributed by atoms with Gasteiger partial charge < -0.3 is 40.0 Å². The number of carbonyl (C=O) groups is 1. The number of unbranched alkanes of at least 4 members (excludes halogenated alkanes) is 2. The Morgan fingerprint density at radius 3 is 2.58 bits per heavy atom. The van der Waals surface area contributed by atoms with Gasteiger partial charge in [0.1, 0.15) is 24.4 Å². The third-order valence-electron chi connectivity index (χ3n) is 5.35. The number of allylic oxidation sites excluding steroid dienone is 2. The third-order valence-corrected chi connectivity index (χ3v) is 5.35. The maximum Gasteiger partial charge on any atom is 0.229 e. The first-order chi connectivity index (χ1) is 15.8. The summed E-state index contributed by atoms with van der Waals surface area (Å²) in [7, 11) is 1.45. The van der Waals surface area contributed by atoms with Gasteiger partial charge in [0.2, 0.25) is 12.2 Å². The van der Waals surface area contributed by atoms with Crippen LogP contribution in [0.5, 0.6) is 11.5 Å². The van der Waals surface area contributed by atoms with Crippen LogP contribution in [0.2, 0.25) is 0 Å². The van der Waals surface area contributed by atoms with Gasteiger partial charge in [0.15, 0.2) is 11.5 Å². The molecule has 0 unspecified atom stereocenters. The molecular formula is C24H37NO8. The van der Waals surface area contributed by atoms with Crippen LogP contribution in [0, 0.1) is 5.92 Å². The van der Waals surface area contributed by atoms with Crippen LogP contribution in [0.4, 0.5) is 0 Å². The maximum absolute atomic E-state index is 12.1. The van der Waals surface area contributed by atoms with Gasteiger partial charge in [-0.2, -0.15) is 0 Å². The number of carbonyl (C=O) groups excluding carboxylic acids is 1. The second-order valence-corrected chi connectivity index (χ2v) is 8.50. The molecule has 1 amide bonds. The fraction of sp³-hybridized carbons (Fsp3) is 0.625. The van der Waals surface area contributed by atoms with Crippen molar-refractivity contribution in [1.82, 2.24) is 5.32 Å². The number of hydrogen-bond acceptors (Lipinski definition) is 8. The van der Waals surface area contributed by atoms with Gasteiger partial charge in [0.25, 0.3) is 0 Å². The molecule has 1 aromatic carbocycles. The van der Waals surface area contributed by atoms with Crippen LogP contribution >= 0.6 is 0 Å². The smallest absolute Gasteiger partial charge is 0.229 e. The Kier molecular flexibility index (Phi) is 11.1. The summed E-state index contributed by atoms with van der Waals surface area (Å²) in [6.45, 7) is 4.04. The van der Waals surface area contributed by atoms with E-state index in [0.29, 0.717) is 24.6 Å². The molecule has 0 aliphatic carbocycles. The van der Waals surface area contributed by atoms with Gasteiger partial charge in [-0.3, -0.25) is 4.79 Å². The zero-order valence-corrected chi connectivity index (χ0v) is 19.5. The molecule has 1 aromatic rings.